The quantitative estimate of drug-likeness (QED) is 0.0187. The van der Waals surface area contributed by atoms with Crippen molar-refractivity contribution in [3.63, 3.8) is 0 Å². The second kappa shape index (κ2) is 34.9. The Morgan fingerprint density at radius 2 is 0.639 bits per heavy atom. The molecule has 22 heteroatoms. The highest BCUT2D eigenvalue weighted by Crippen LogP contribution is 2.17. The van der Waals surface area contributed by atoms with Crippen LogP contribution in [-0.4, -0.2) is 54.0 Å². The van der Waals surface area contributed by atoms with Gasteiger partial charge >= 0.3 is 0 Å². The largest absolute Gasteiger partial charge is 0.399 e. The number of non-ortho nitro benzene ring substituents is 3. The number of nitrogens with two attached hydrogens (primary N) is 4. The molecule has 0 heterocycles. The summed E-state index contributed by atoms with van der Waals surface area (Å²) in [4.78, 5) is 29.6. The number of hydrogen-bond donors (Lipinski definition) is 8. The molecule has 0 fully saturated rings. The fourth-order valence-corrected chi connectivity index (χ4v) is 4.39. The number of hydrogen-bond acceptors (Lipinski definition) is 14. The van der Waals surface area contributed by atoms with Gasteiger partial charge in [-0.15, -0.1) is 49.6 Å². The van der Waals surface area contributed by atoms with E-state index in [0.29, 0.717) is 13.1 Å². The number of nitro benzene ring substituents is 3. The minimum absolute atomic E-state index is 0. The smallest absolute Gasteiger partial charge is 0.269 e. The van der Waals surface area contributed by atoms with Crippen LogP contribution in [0.15, 0.2) is 121 Å². The molecule has 0 amide bonds. The minimum Gasteiger partial charge on any atom is -0.399 e. The van der Waals surface area contributed by atoms with E-state index in [0.717, 1.165) is 104 Å². The predicted molar refractivity (Wildman–Crippen MR) is 256 cm³/mol. The van der Waals surface area contributed by atoms with Crippen LogP contribution in [0.1, 0.15) is 19.3 Å². The molecule has 0 saturated heterocycles. The Bertz CT molecular complexity index is 1800. The standard InChI is InChI=1S/C15H16N4O4.C15H20N4.C6H4FNO2.C3H10N2.4ClH/c20-18(21)14-6-2-12(3-7-14)16-10-1-11-17-13-4-8-15(9-5-13)19(22)23;16-12-2-6-14(7-3-12)18-10-1-11-19-15-8-4-13(17)5-9-15;7-5-1-3-6(4-2-5)8(9)10;4-2-1-3-5;;;;/h2-9,16-17H,1,10-11H2;2-9,18-19H,1,10-11,16-17H2;1-4H;1-5H2;4*1H. The minimum atomic E-state index is -0.570. The van der Waals surface area contributed by atoms with Crippen molar-refractivity contribution < 1.29 is 19.2 Å². The van der Waals surface area contributed by atoms with E-state index in [2.05, 4.69) is 21.3 Å². The zero-order valence-corrected chi connectivity index (χ0v) is 36.3. The fraction of sp³-hybridized carbons (Fsp3) is 0.231. The first-order valence-corrected chi connectivity index (χ1v) is 17.9. The van der Waals surface area contributed by atoms with Crippen molar-refractivity contribution in [1.29, 1.82) is 0 Å². The number of nitrogens with one attached hydrogen (secondary N) is 4. The van der Waals surface area contributed by atoms with Crippen molar-refractivity contribution in [3.8, 4) is 0 Å². The topological polar surface area (TPSA) is 282 Å². The Kier molecular flexibility index (Phi) is 34.0. The van der Waals surface area contributed by atoms with Crippen LogP contribution in [0, 0.1) is 36.2 Å². The molecule has 12 N–H and O–H groups in total. The second-order valence-electron chi connectivity index (χ2n) is 11.9. The molecule has 0 aliphatic carbocycles. The van der Waals surface area contributed by atoms with Gasteiger partial charge < -0.3 is 44.2 Å². The predicted octanol–water partition coefficient (Wildman–Crippen LogP) is 8.90. The first kappa shape index (κ1) is 59.4. The number of nitrogen functional groups attached to an aromatic ring is 2. The molecule has 0 aliphatic heterocycles. The highest BCUT2D eigenvalue weighted by molar-refractivity contribution is 5.86. The number of nitrogens with zero attached hydrogens (tertiary/aromatic N) is 3. The van der Waals surface area contributed by atoms with Gasteiger partial charge in [-0.25, -0.2) is 4.39 Å². The lowest BCUT2D eigenvalue weighted by atomic mass is 10.2. The molecule has 0 atom stereocenters. The maximum atomic E-state index is 12.1. The molecule has 0 spiro atoms. The molecule has 0 aliphatic rings. The van der Waals surface area contributed by atoms with Crippen LogP contribution in [0.4, 0.5) is 55.6 Å². The molecule has 0 saturated carbocycles. The van der Waals surface area contributed by atoms with Crippen molar-refractivity contribution in [2.24, 2.45) is 11.5 Å². The monoisotopic (exact) mass is 931 g/mol. The lowest BCUT2D eigenvalue weighted by Crippen LogP contribution is -2.09. The van der Waals surface area contributed by atoms with Gasteiger partial charge in [-0.2, -0.15) is 0 Å². The first-order valence-electron chi connectivity index (χ1n) is 17.9. The van der Waals surface area contributed by atoms with Crippen LogP contribution in [0.3, 0.4) is 0 Å². The van der Waals surface area contributed by atoms with Crippen LogP contribution in [0.25, 0.3) is 0 Å². The van der Waals surface area contributed by atoms with Gasteiger partial charge in [0.1, 0.15) is 5.82 Å². The number of anilines is 6. The third-order valence-corrected chi connectivity index (χ3v) is 7.45. The zero-order chi connectivity index (χ0) is 41.8. The lowest BCUT2D eigenvalue weighted by Gasteiger charge is -2.08. The van der Waals surface area contributed by atoms with E-state index in [1.54, 1.807) is 24.3 Å². The van der Waals surface area contributed by atoms with E-state index >= 15 is 0 Å². The molecule has 5 aromatic rings. The Morgan fingerprint density at radius 3 is 0.852 bits per heavy atom. The van der Waals surface area contributed by atoms with Crippen molar-refractivity contribution in [2.75, 3.05) is 72.0 Å². The molecule has 0 unspecified atom stereocenters. The molecule has 0 aromatic heterocycles. The molecule has 0 bridgehead atoms. The van der Waals surface area contributed by atoms with Crippen LogP contribution in [0.2, 0.25) is 0 Å². The Morgan fingerprint density at radius 1 is 0.410 bits per heavy atom. The van der Waals surface area contributed by atoms with Gasteiger partial charge in [-0.3, -0.25) is 30.3 Å². The van der Waals surface area contributed by atoms with E-state index in [1.165, 1.54) is 24.3 Å². The number of halogens is 5. The zero-order valence-electron chi connectivity index (χ0n) is 33.0. The summed E-state index contributed by atoms with van der Waals surface area (Å²) in [6.07, 6.45) is 2.81. The van der Waals surface area contributed by atoms with Crippen molar-refractivity contribution in [2.45, 2.75) is 19.3 Å². The van der Waals surface area contributed by atoms with Gasteiger partial charge in [0.05, 0.1) is 14.8 Å². The molecule has 61 heavy (non-hydrogen) atoms. The molecule has 5 rings (SSSR count). The molecule has 336 valence electrons. The van der Waals surface area contributed by atoms with Crippen molar-refractivity contribution >= 4 is 101 Å². The van der Waals surface area contributed by atoms with Crippen LogP contribution >= 0.6 is 49.6 Å². The summed E-state index contributed by atoms with van der Waals surface area (Å²) in [6, 6.07) is 32.4. The highest BCUT2D eigenvalue weighted by atomic mass is 35.5. The molecular formula is C39H54Cl4FN11O6. The summed E-state index contributed by atoms with van der Waals surface area (Å²) in [5, 5.41) is 44.1. The van der Waals surface area contributed by atoms with Gasteiger partial charge in [0.2, 0.25) is 0 Å². The Balaban J connectivity index is -0.000000798. The van der Waals surface area contributed by atoms with E-state index in [4.69, 9.17) is 22.9 Å². The number of rotatable bonds is 17. The SMILES string of the molecule is Cl.Cl.Cl.Cl.NCCCN.Nc1ccc(NCCCNc2ccc(N)cc2)cc1.O=[N+]([O-])c1ccc(F)cc1.O=[N+]([O-])c1ccc(NCCCNc2ccc([N+](=O)[O-])cc2)cc1. The first-order chi connectivity index (χ1) is 27.4. The van der Waals surface area contributed by atoms with Gasteiger partial charge in [0.25, 0.3) is 17.1 Å². The van der Waals surface area contributed by atoms with E-state index in [-0.39, 0.29) is 66.7 Å². The van der Waals surface area contributed by atoms with Crippen LogP contribution in [0.5, 0.6) is 0 Å². The Hall–Kier alpha value is -5.89. The number of benzene rings is 5. The summed E-state index contributed by atoms with van der Waals surface area (Å²) in [5.74, 6) is -0.467. The summed E-state index contributed by atoms with van der Waals surface area (Å²) in [6.45, 7) is 4.69. The van der Waals surface area contributed by atoms with E-state index in [9.17, 15) is 34.7 Å². The molecule has 0 radical (unpaired) electrons. The normalized spacial score (nSPS) is 9.16. The summed E-state index contributed by atoms with van der Waals surface area (Å²) in [7, 11) is 0. The Labute approximate surface area is 378 Å². The van der Waals surface area contributed by atoms with Gasteiger partial charge in [-0.05, 0) is 117 Å². The maximum absolute atomic E-state index is 12.1. The maximum Gasteiger partial charge on any atom is 0.269 e. The number of nitro groups is 3. The third kappa shape index (κ3) is 26.8. The molecule has 5 aromatic carbocycles. The molecule has 17 nitrogen and oxygen atoms in total. The summed E-state index contributed by atoms with van der Waals surface area (Å²) < 4.78 is 12.1. The second-order valence-corrected chi connectivity index (χ2v) is 11.9. The van der Waals surface area contributed by atoms with Gasteiger partial charge in [0, 0.05) is 96.7 Å². The van der Waals surface area contributed by atoms with E-state index in [1.807, 2.05) is 48.5 Å². The molecular weight excluding hydrogens is 879 g/mol. The average molecular weight is 934 g/mol. The summed E-state index contributed by atoms with van der Waals surface area (Å²) >= 11 is 0. The highest BCUT2D eigenvalue weighted by Gasteiger charge is 2.05. The fourth-order valence-electron chi connectivity index (χ4n) is 4.39. The van der Waals surface area contributed by atoms with Crippen LogP contribution in [-0.2, 0) is 0 Å². The lowest BCUT2D eigenvalue weighted by molar-refractivity contribution is -0.385. The van der Waals surface area contributed by atoms with Gasteiger partial charge in [0.15, 0.2) is 0 Å². The van der Waals surface area contributed by atoms with Crippen molar-refractivity contribution in [1.82, 2.24) is 0 Å². The third-order valence-electron chi connectivity index (χ3n) is 7.45. The summed E-state index contributed by atoms with van der Waals surface area (Å²) in [5.41, 5.74) is 26.8. The van der Waals surface area contributed by atoms with Crippen LogP contribution < -0.4 is 44.2 Å². The van der Waals surface area contributed by atoms with E-state index < -0.39 is 20.6 Å². The average Bonchev–Trinajstić information content (AvgIpc) is 3.20. The van der Waals surface area contributed by atoms with Crippen molar-refractivity contribution in [3.05, 3.63) is 157 Å². The van der Waals surface area contributed by atoms with Gasteiger partial charge in [-0.1, -0.05) is 0 Å².